The zero-order chi connectivity index (χ0) is 11.9. The highest BCUT2D eigenvalue weighted by Gasteiger charge is 2.30. The second-order valence-electron chi connectivity index (χ2n) is 3.76. The van der Waals surface area contributed by atoms with Crippen molar-refractivity contribution in [2.24, 2.45) is 0 Å². The van der Waals surface area contributed by atoms with Gasteiger partial charge < -0.3 is 0 Å². The molecule has 1 aromatic carbocycles. The van der Waals surface area contributed by atoms with Crippen LogP contribution < -0.4 is 4.90 Å². The second kappa shape index (κ2) is 3.76. The van der Waals surface area contributed by atoms with Gasteiger partial charge >= 0.3 is 0 Å². The molecule has 1 aromatic rings. The van der Waals surface area contributed by atoms with Gasteiger partial charge in [0, 0.05) is 11.6 Å². The Kier molecular flexibility index (Phi) is 2.56. The molecule has 0 aliphatic carbocycles. The molecular formula is C12H10ClNO2. The van der Waals surface area contributed by atoms with E-state index < -0.39 is 0 Å². The maximum Gasteiger partial charge on any atom is 0.261 e. The molecule has 0 bridgehead atoms. The van der Waals surface area contributed by atoms with Crippen molar-refractivity contribution in [2.45, 2.75) is 13.8 Å². The third-order valence-electron chi connectivity index (χ3n) is 2.44. The molecule has 3 nitrogen and oxygen atoms in total. The van der Waals surface area contributed by atoms with Gasteiger partial charge in [0.25, 0.3) is 11.8 Å². The smallest absolute Gasteiger partial charge is 0.261 e. The van der Waals surface area contributed by atoms with Crippen molar-refractivity contribution >= 4 is 29.1 Å². The normalized spacial score (nSPS) is 15.7. The number of benzene rings is 1. The van der Waals surface area contributed by atoms with E-state index in [9.17, 15) is 9.59 Å². The first-order valence-electron chi connectivity index (χ1n) is 4.83. The van der Waals surface area contributed by atoms with Crippen LogP contribution in [0.5, 0.6) is 0 Å². The molecule has 0 N–H and O–H groups in total. The lowest BCUT2D eigenvalue weighted by Crippen LogP contribution is -2.30. The van der Waals surface area contributed by atoms with E-state index in [0.717, 1.165) is 10.5 Å². The van der Waals surface area contributed by atoms with Crippen LogP contribution in [0.4, 0.5) is 5.69 Å². The Labute approximate surface area is 98.3 Å². The highest BCUT2D eigenvalue weighted by atomic mass is 35.5. The molecule has 0 fully saturated rings. The zero-order valence-electron chi connectivity index (χ0n) is 8.95. The molecule has 1 aliphatic rings. The van der Waals surface area contributed by atoms with Crippen molar-refractivity contribution in [3.05, 3.63) is 40.4 Å². The van der Waals surface area contributed by atoms with Crippen LogP contribution in [-0.2, 0) is 9.59 Å². The molecule has 0 unspecified atom stereocenters. The quantitative estimate of drug-likeness (QED) is 0.702. The van der Waals surface area contributed by atoms with Crippen LogP contribution in [0.25, 0.3) is 0 Å². The standard InChI is InChI=1S/C12H10ClNO2/c1-7-3-4-10(9(13)5-7)14-11(15)6-8(2)12(14)16/h3-6H,1-2H3. The topological polar surface area (TPSA) is 37.4 Å². The van der Waals surface area contributed by atoms with Gasteiger partial charge in [-0.05, 0) is 31.5 Å². The number of hydrogen-bond acceptors (Lipinski definition) is 2. The number of amides is 2. The highest BCUT2D eigenvalue weighted by molar-refractivity contribution is 6.38. The van der Waals surface area contributed by atoms with Crippen LogP contribution in [-0.4, -0.2) is 11.8 Å². The van der Waals surface area contributed by atoms with Gasteiger partial charge in [-0.1, -0.05) is 17.7 Å². The molecule has 4 heteroatoms. The zero-order valence-corrected chi connectivity index (χ0v) is 9.71. The summed E-state index contributed by atoms with van der Waals surface area (Å²) in [7, 11) is 0. The minimum atomic E-state index is -0.340. The summed E-state index contributed by atoms with van der Waals surface area (Å²) in [5.41, 5.74) is 1.86. The first-order valence-corrected chi connectivity index (χ1v) is 5.21. The summed E-state index contributed by atoms with van der Waals surface area (Å²) in [6.45, 7) is 3.51. The van der Waals surface area contributed by atoms with Gasteiger partial charge in [-0.2, -0.15) is 0 Å². The molecule has 0 atom stereocenters. The Hall–Kier alpha value is -1.61. The molecule has 2 rings (SSSR count). The molecule has 0 spiro atoms. The monoisotopic (exact) mass is 235 g/mol. The summed E-state index contributed by atoms with van der Waals surface area (Å²) in [5.74, 6) is -0.649. The van der Waals surface area contributed by atoms with E-state index in [1.165, 1.54) is 6.08 Å². The van der Waals surface area contributed by atoms with Crippen molar-refractivity contribution in [1.29, 1.82) is 0 Å². The second-order valence-corrected chi connectivity index (χ2v) is 4.17. The van der Waals surface area contributed by atoms with Crippen LogP contribution in [0.1, 0.15) is 12.5 Å². The van der Waals surface area contributed by atoms with Crippen LogP contribution in [0.3, 0.4) is 0 Å². The number of nitrogens with zero attached hydrogens (tertiary/aromatic N) is 1. The first kappa shape index (κ1) is 10.9. The summed E-state index contributed by atoms with van der Waals surface area (Å²) < 4.78 is 0. The Morgan fingerprint density at radius 3 is 2.38 bits per heavy atom. The lowest BCUT2D eigenvalue weighted by molar-refractivity contribution is -0.120. The molecule has 0 saturated heterocycles. The number of anilines is 1. The van der Waals surface area contributed by atoms with Gasteiger partial charge in [-0.3, -0.25) is 9.59 Å². The van der Waals surface area contributed by atoms with Crippen molar-refractivity contribution in [3.8, 4) is 0 Å². The van der Waals surface area contributed by atoms with Gasteiger partial charge in [0.2, 0.25) is 0 Å². The van der Waals surface area contributed by atoms with E-state index in [-0.39, 0.29) is 11.8 Å². The lowest BCUT2D eigenvalue weighted by Gasteiger charge is -2.16. The SMILES string of the molecule is CC1=CC(=O)N(c2ccc(C)cc2Cl)C1=O. The maximum absolute atomic E-state index is 11.7. The number of aryl methyl sites for hydroxylation is 1. The summed E-state index contributed by atoms with van der Waals surface area (Å²) >= 11 is 6.02. The van der Waals surface area contributed by atoms with E-state index in [2.05, 4.69) is 0 Å². The largest absolute Gasteiger partial charge is 0.269 e. The fourth-order valence-corrected chi connectivity index (χ4v) is 1.93. The minimum absolute atomic E-state index is 0.309. The van der Waals surface area contributed by atoms with E-state index >= 15 is 0 Å². The van der Waals surface area contributed by atoms with Crippen molar-refractivity contribution < 1.29 is 9.59 Å². The molecule has 0 radical (unpaired) electrons. The van der Waals surface area contributed by atoms with Crippen molar-refractivity contribution in [3.63, 3.8) is 0 Å². The predicted octanol–water partition coefficient (Wildman–Crippen LogP) is 2.47. The third-order valence-corrected chi connectivity index (χ3v) is 2.75. The minimum Gasteiger partial charge on any atom is -0.269 e. The highest BCUT2D eigenvalue weighted by Crippen LogP contribution is 2.30. The van der Waals surface area contributed by atoms with Gasteiger partial charge in [-0.25, -0.2) is 4.90 Å². The molecule has 16 heavy (non-hydrogen) atoms. The number of hydrogen-bond donors (Lipinski definition) is 0. The average Bonchev–Trinajstić information content (AvgIpc) is 2.43. The Balaban J connectivity index is 2.47. The molecule has 1 heterocycles. The lowest BCUT2D eigenvalue weighted by atomic mass is 10.2. The summed E-state index contributed by atoms with van der Waals surface area (Å²) in [6.07, 6.45) is 1.32. The molecule has 0 saturated carbocycles. The molecule has 2 amide bonds. The van der Waals surface area contributed by atoms with Gasteiger partial charge in [-0.15, -0.1) is 0 Å². The number of halogens is 1. The predicted molar refractivity (Wildman–Crippen MR) is 62.4 cm³/mol. The Morgan fingerprint density at radius 2 is 1.88 bits per heavy atom. The molecule has 1 aliphatic heterocycles. The summed E-state index contributed by atoms with van der Waals surface area (Å²) in [4.78, 5) is 24.4. The number of imide groups is 1. The number of carbonyl (C=O) groups excluding carboxylic acids is 2. The van der Waals surface area contributed by atoms with Crippen molar-refractivity contribution in [1.82, 2.24) is 0 Å². The fraction of sp³-hybridized carbons (Fsp3) is 0.167. The van der Waals surface area contributed by atoms with E-state index in [1.807, 2.05) is 13.0 Å². The molecule has 0 aromatic heterocycles. The maximum atomic E-state index is 11.7. The van der Waals surface area contributed by atoms with E-state index in [4.69, 9.17) is 11.6 Å². The number of rotatable bonds is 1. The summed E-state index contributed by atoms with van der Waals surface area (Å²) in [6, 6.07) is 5.22. The molecular weight excluding hydrogens is 226 g/mol. The van der Waals surface area contributed by atoms with E-state index in [1.54, 1.807) is 19.1 Å². The van der Waals surface area contributed by atoms with Gasteiger partial charge in [0.15, 0.2) is 0 Å². The van der Waals surface area contributed by atoms with Crippen molar-refractivity contribution in [2.75, 3.05) is 4.90 Å². The Bertz CT molecular complexity index is 520. The average molecular weight is 236 g/mol. The number of carbonyl (C=O) groups is 2. The first-order chi connectivity index (χ1) is 7.50. The van der Waals surface area contributed by atoms with Crippen LogP contribution in [0.15, 0.2) is 29.8 Å². The van der Waals surface area contributed by atoms with Crippen LogP contribution in [0.2, 0.25) is 5.02 Å². The summed E-state index contributed by atoms with van der Waals surface area (Å²) in [5, 5.41) is 0.407. The van der Waals surface area contributed by atoms with Crippen LogP contribution >= 0.6 is 11.6 Å². The third kappa shape index (κ3) is 1.63. The van der Waals surface area contributed by atoms with Gasteiger partial charge in [0.05, 0.1) is 10.7 Å². The Morgan fingerprint density at radius 1 is 1.19 bits per heavy atom. The van der Waals surface area contributed by atoms with E-state index in [0.29, 0.717) is 16.3 Å². The van der Waals surface area contributed by atoms with Crippen LogP contribution in [0, 0.1) is 6.92 Å². The molecule has 82 valence electrons. The van der Waals surface area contributed by atoms with Gasteiger partial charge in [0.1, 0.15) is 0 Å². The fourth-order valence-electron chi connectivity index (χ4n) is 1.61.